The number of nitrogens with zero attached hydrogens (tertiary/aromatic N) is 1. The predicted molar refractivity (Wildman–Crippen MR) is 107 cm³/mol. The van der Waals surface area contributed by atoms with Crippen LogP contribution in [0.15, 0.2) is 42.5 Å². The van der Waals surface area contributed by atoms with Crippen LogP contribution in [0, 0.1) is 11.6 Å². The first-order chi connectivity index (χ1) is 13.9. The Labute approximate surface area is 169 Å². The number of likely N-dealkylation sites (N-methyl/N-ethyl adjacent to an activating group) is 1. The number of rotatable bonds is 7. The lowest BCUT2D eigenvalue weighted by Gasteiger charge is -2.29. The summed E-state index contributed by atoms with van der Waals surface area (Å²) in [5.74, 6) is -1.25. The van der Waals surface area contributed by atoms with Gasteiger partial charge >= 0.3 is 0 Å². The molecule has 0 atom stereocenters. The van der Waals surface area contributed by atoms with E-state index >= 15 is 0 Å². The third-order valence-electron chi connectivity index (χ3n) is 5.15. The van der Waals surface area contributed by atoms with E-state index in [-0.39, 0.29) is 30.4 Å². The molecule has 0 aromatic heterocycles. The first-order valence-electron chi connectivity index (χ1n) is 9.80. The fourth-order valence-corrected chi connectivity index (χ4v) is 3.53. The quantitative estimate of drug-likeness (QED) is 0.741. The Hall–Kier alpha value is -2.67. The molecule has 1 fully saturated rings. The lowest BCUT2D eigenvalue weighted by atomic mass is 9.92. The summed E-state index contributed by atoms with van der Waals surface area (Å²) >= 11 is 0. The number of nitrogens with one attached hydrogen (secondary N) is 1. The van der Waals surface area contributed by atoms with Crippen molar-refractivity contribution in [2.75, 3.05) is 25.1 Å². The third kappa shape index (κ3) is 5.90. The monoisotopic (exact) mass is 404 g/mol. The zero-order valence-electron chi connectivity index (χ0n) is 16.4. The Morgan fingerprint density at radius 2 is 1.72 bits per heavy atom. The summed E-state index contributed by atoms with van der Waals surface area (Å²) in [4.78, 5) is 14.4. The molecule has 0 heterocycles. The van der Waals surface area contributed by atoms with E-state index in [0.717, 1.165) is 24.6 Å². The fraction of sp³-hybridized carbons (Fsp3) is 0.409. The van der Waals surface area contributed by atoms with Crippen LogP contribution in [-0.2, 0) is 0 Å². The molecule has 0 spiro atoms. The van der Waals surface area contributed by atoms with Gasteiger partial charge in [0.15, 0.2) is 0 Å². The first-order valence-corrected chi connectivity index (χ1v) is 9.80. The van der Waals surface area contributed by atoms with Crippen LogP contribution >= 0.6 is 0 Å². The van der Waals surface area contributed by atoms with Gasteiger partial charge in [0.1, 0.15) is 17.4 Å². The normalized spacial score (nSPS) is 18.9. The lowest BCUT2D eigenvalue weighted by Crippen LogP contribution is -2.39. The van der Waals surface area contributed by atoms with Gasteiger partial charge in [-0.25, -0.2) is 8.78 Å². The van der Waals surface area contributed by atoms with Gasteiger partial charge in [0.25, 0.3) is 5.91 Å². The Bertz CT molecular complexity index is 801. The number of carbonyl (C=O) groups is 1. The highest BCUT2D eigenvalue weighted by molar-refractivity contribution is 5.94. The standard InChI is InChI=1S/C22H26F2N2O3/c1-26(10-11-27)19-6-2-15(3-7-19)22(28)25-18-4-8-20(9-5-18)29-21-13-16(23)12-17(24)14-21/h2-3,6-7,12-14,18,20,27H,4-5,8-11H2,1H3,(H,25,28). The first kappa shape index (κ1) is 21.0. The number of carbonyl (C=O) groups excluding carboxylic acids is 1. The van der Waals surface area contributed by atoms with E-state index in [1.165, 1.54) is 12.1 Å². The van der Waals surface area contributed by atoms with Crippen molar-refractivity contribution < 1.29 is 23.4 Å². The molecular weight excluding hydrogens is 378 g/mol. The van der Waals surface area contributed by atoms with Crippen molar-refractivity contribution in [2.45, 2.75) is 37.8 Å². The molecule has 0 bridgehead atoms. The van der Waals surface area contributed by atoms with Crippen molar-refractivity contribution in [3.05, 3.63) is 59.7 Å². The molecular formula is C22H26F2N2O3. The topological polar surface area (TPSA) is 61.8 Å². The van der Waals surface area contributed by atoms with Crippen molar-refractivity contribution in [1.82, 2.24) is 5.32 Å². The number of anilines is 1. The zero-order chi connectivity index (χ0) is 20.8. The van der Waals surface area contributed by atoms with Gasteiger partial charge in [-0.1, -0.05) is 0 Å². The van der Waals surface area contributed by atoms with Crippen molar-refractivity contribution in [3.8, 4) is 5.75 Å². The smallest absolute Gasteiger partial charge is 0.251 e. The molecule has 1 amide bonds. The van der Waals surface area contributed by atoms with Crippen LogP contribution in [0.5, 0.6) is 5.75 Å². The van der Waals surface area contributed by atoms with Crippen LogP contribution < -0.4 is 15.0 Å². The van der Waals surface area contributed by atoms with Crippen LogP contribution in [-0.4, -0.2) is 43.4 Å². The number of aliphatic hydroxyl groups excluding tert-OH is 1. The van der Waals surface area contributed by atoms with Crippen LogP contribution in [0.3, 0.4) is 0 Å². The summed E-state index contributed by atoms with van der Waals surface area (Å²) in [5, 5.41) is 12.0. The van der Waals surface area contributed by atoms with E-state index in [0.29, 0.717) is 24.9 Å². The van der Waals surface area contributed by atoms with Gasteiger partial charge in [-0.3, -0.25) is 4.79 Å². The van der Waals surface area contributed by atoms with E-state index in [1.54, 1.807) is 12.1 Å². The van der Waals surface area contributed by atoms with Gasteiger partial charge in [0.05, 0.1) is 12.7 Å². The van der Waals surface area contributed by atoms with Gasteiger partial charge in [0.2, 0.25) is 0 Å². The summed E-state index contributed by atoms with van der Waals surface area (Å²) in [6.07, 6.45) is 2.77. The third-order valence-corrected chi connectivity index (χ3v) is 5.15. The Morgan fingerprint density at radius 1 is 1.10 bits per heavy atom. The minimum absolute atomic E-state index is 0.0448. The van der Waals surface area contributed by atoms with E-state index < -0.39 is 11.6 Å². The van der Waals surface area contributed by atoms with Crippen LogP contribution in [0.25, 0.3) is 0 Å². The fourth-order valence-electron chi connectivity index (χ4n) is 3.53. The second-order valence-electron chi connectivity index (χ2n) is 7.36. The summed E-state index contributed by atoms with van der Waals surface area (Å²) in [5.41, 5.74) is 1.52. The summed E-state index contributed by atoms with van der Waals surface area (Å²) in [7, 11) is 1.88. The average Bonchev–Trinajstić information content (AvgIpc) is 2.69. The van der Waals surface area contributed by atoms with Gasteiger partial charge in [-0.15, -0.1) is 0 Å². The Morgan fingerprint density at radius 3 is 2.31 bits per heavy atom. The number of aliphatic hydroxyl groups is 1. The zero-order valence-corrected chi connectivity index (χ0v) is 16.4. The largest absolute Gasteiger partial charge is 0.490 e. The highest BCUT2D eigenvalue weighted by Crippen LogP contribution is 2.25. The number of benzene rings is 2. The lowest BCUT2D eigenvalue weighted by molar-refractivity contribution is 0.0893. The second kappa shape index (κ2) is 9.69. The minimum atomic E-state index is -0.658. The van der Waals surface area contributed by atoms with Gasteiger partial charge in [0, 0.05) is 49.1 Å². The molecule has 2 aromatic rings. The van der Waals surface area contributed by atoms with E-state index in [1.807, 2.05) is 24.1 Å². The maximum Gasteiger partial charge on any atom is 0.251 e. The molecule has 2 N–H and O–H groups in total. The molecule has 0 radical (unpaired) electrons. The summed E-state index contributed by atoms with van der Waals surface area (Å²) < 4.78 is 32.2. The molecule has 0 unspecified atom stereocenters. The molecule has 3 rings (SSSR count). The maximum atomic E-state index is 13.3. The van der Waals surface area contributed by atoms with E-state index in [2.05, 4.69) is 5.32 Å². The van der Waals surface area contributed by atoms with Crippen molar-refractivity contribution in [2.24, 2.45) is 0 Å². The molecule has 0 saturated heterocycles. The van der Waals surface area contributed by atoms with E-state index in [4.69, 9.17) is 9.84 Å². The van der Waals surface area contributed by atoms with Crippen molar-refractivity contribution in [3.63, 3.8) is 0 Å². The Kier molecular flexibility index (Phi) is 7.04. The van der Waals surface area contributed by atoms with Gasteiger partial charge in [-0.05, 0) is 49.9 Å². The highest BCUT2D eigenvalue weighted by Gasteiger charge is 2.24. The minimum Gasteiger partial charge on any atom is -0.490 e. The molecule has 1 saturated carbocycles. The summed E-state index contributed by atoms with van der Waals surface area (Å²) in [6, 6.07) is 10.5. The molecule has 7 heteroatoms. The molecule has 29 heavy (non-hydrogen) atoms. The Balaban J connectivity index is 1.48. The molecule has 156 valence electrons. The summed E-state index contributed by atoms with van der Waals surface area (Å²) in [6.45, 7) is 0.596. The van der Waals surface area contributed by atoms with Crippen LogP contribution in [0.4, 0.5) is 14.5 Å². The van der Waals surface area contributed by atoms with E-state index in [9.17, 15) is 13.6 Å². The SMILES string of the molecule is CN(CCO)c1ccc(C(=O)NC2CCC(Oc3cc(F)cc(F)c3)CC2)cc1. The predicted octanol–water partition coefficient (Wildman–Crippen LogP) is 3.51. The van der Waals surface area contributed by atoms with Gasteiger partial charge < -0.3 is 20.1 Å². The van der Waals surface area contributed by atoms with Crippen molar-refractivity contribution in [1.29, 1.82) is 0 Å². The molecule has 1 aliphatic carbocycles. The highest BCUT2D eigenvalue weighted by atomic mass is 19.1. The average molecular weight is 404 g/mol. The molecule has 1 aliphatic rings. The second-order valence-corrected chi connectivity index (χ2v) is 7.36. The number of hydrogen-bond donors (Lipinski definition) is 2. The van der Waals surface area contributed by atoms with Crippen LogP contribution in [0.1, 0.15) is 36.0 Å². The molecule has 0 aliphatic heterocycles. The number of ether oxygens (including phenoxy) is 1. The van der Waals surface area contributed by atoms with Crippen molar-refractivity contribution >= 4 is 11.6 Å². The number of amides is 1. The number of halogens is 2. The number of hydrogen-bond acceptors (Lipinski definition) is 4. The maximum absolute atomic E-state index is 13.3. The van der Waals surface area contributed by atoms with Crippen LogP contribution in [0.2, 0.25) is 0 Å². The van der Waals surface area contributed by atoms with Gasteiger partial charge in [-0.2, -0.15) is 0 Å². The molecule has 5 nitrogen and oxygen atoms in total. The molecule has 2 aromatic carbocycles.